The number of amides is 2. The predicted molar refractivity (Wildman–Crippen MR) is 112 cm³/mol. The molecule has 176 valence electrons. The summed E-state index contributed by atoms with van der Waals surface area (Å²) in [4.78, 5) is 32.6. The van der Waals surface area contributed by atoms with Crippen molar-refractivity contribution < 1.29 is 31.5 Å². The van der Waals surface area contributed by atoms with Crippen molar-refractivity contribution >= 4 is 29.1 Å². The molecule has 7 nitrogen and oxygen atoms in total. The fraction of sp³-hybridized carbons (Fsp3) is 0.182. The molecule has 0 saturated carbocycles. The molecule has 1 aromatic carbocycles. The summed E-state index contributed by atoms with van der Waals surface area (Å²) in [7, 11) is 0. The van der Waals surface area contributed by atoms with Crippen molar-refractivity contribution in [3.8, 4) is 0 Å². The molecule has 0 saturated heterocycles. The molecule has 4 rings (SSSR count). The number of aromatic nitrogens is 2. The number of carbonyl (C=O) groups is 2. The molecule has 3 aromatic rings. The lowest BCUT2D eigenvalue weighted by Crippen LogP contribution is -2.33. The van der Waals surface area contributed by atoms with E-state index in [0.717, 1.165) is 23.3 Å². The highest BCUT2D eigenvalue weighted by Crippen LogP contribution is 2.43. The number of hydrogen-bond donors (Lipinski definition) is 3. The first-order valence-corrected chi connectivity index (χ1v) is 9.88. The Labute approximate surface area is 189 Å². The molecule has 1 aliphatic rings. The van der Waals surface area contributed by atoms with Crippen LogP contribution >= 0.6 is 0 Å². The zero-order chi connectivity index (χ0) is 24.5. The van der Waals surface area contributed by atoms with E-state index < -0.39 is 23.6 Å². The van der Waals surface area contributed by atoms with Gasteiger partial charge in [-0.2, -0.15) is 22.0 Å². The van der Waals surface area contributed by atoms with Gasteiger partial charge < -0.3 is 16.0 Å². The van der Waals surface area contributed by atoms with E-state index >= 15 is 0 Å². The SMILES string of the molecule is O=C1Cc2c(CNc3ncccc3C(=O)Nc3ccc(C(F)(F)C(F)(F)F)cc3)ccnc2N1. The van der Waals surface area contributed by atoms with Gasteiger partial charge in [-0.15, -0.1) is 0 Å². The van der Waals surface area contributed by atoms with Crippen molar-refractivity contribution in [2.75, 3.05) is 16.0 Å². The van der Waals surface area contributed by atoms with Crippen molar-refractivity contribution in [1.29, 1.82) is 0 Å². The average molecular weight is 477 g/mol. The number of halogens is 5. The third-order valence-corrected chi connectivity index (χ3v) is 5.11. The minimum Gasteiger partial charge on any atom is -0.365 e. The summed E-state index contributed by atoms with van der Waals surface area (Å²) in [5.74, 6) is -5.15. The maximum absolute atomic E-state index is 13.4. The Hall–Kier alpha value is -4.09. The number of nitrogens with one attached hydrogen (secondary N) is 3. The molecular formula is C22H16F5N5O2. The number of hydrogen-bond acceptors (Lipinski definition) is 5. The van der Waals surface area contributed by atoms with Crippen molar-refractivity contribution in [1.82, 2.24) is 9.97 Å². The summed E-state index contributed by atoms with van der Waals surface area (Å²) in [5.41, 5.74) is 0.420. The van der Waals surface area contributed by atoms with E-state index in [-0.39, 0.29) is 35.9 Å². The second kappa shape index (κ2) is 8.69. The standard InChI is InChI=1S/C22H16F5N5O2/c23-21(24,22(25,26)27)13-3-5-14(6-4-13)31-20(34)15-2-1-8-28-18(15)30-11-12-7-9-29-19-16(12)10-17(33)32-19/h1-9H,10-11H2,(H,28,30)(H,31,34)(H,29,32,33). The molecule has 3 N–H and O–H groups in total. The van der Waals surface area contributed by atoms with Crippen LogP contribution < -0.4 is 16.0 Å². The van der Waals surface area contributed by atoms with Crippen molar-refractivity contribution in [3.05, 3.63) is 77.1 Å². The predicted octanol–water partition coefficient (Wildman–Crippen LogP) is 4.49. The summed E-state index contributed by atoms with van der Waals surface area (Å²) >= 11 is 0. The molecule has 0 spiro atoms. The maximum atomic E-state index is 13.4. The van der Waals surface area contributed by atoms with Gasteiger partial charge in [-0.1, -0.05) is 12.1 Å². The quantitative estimate of drug-likeness (QED) is 0.455. The molecule has 0 atom stereocenters. The van der Waals surface area contributed by atoms with Gasteiger partial charge in [-0.3, -0.25) is 9.59 Å². The third kappa shape index (κ3) is 4.51. The number of fused-ring (bicyclic) bond motifs is 1. The molecule has 0 bridgehead atoms. The summed E-state index contributed by atoms with van der Waals surface area (Å²) in [6, 6.07) is 7.84. The van der Waals surface area contributed by atoms with Crippen LogP contribution in [0.15, 0.2) is 54.9 Å². The molecule has 3 heterocycles. The number of nitrogens with zero attached hydrogens (tertiary/aromatic N) is 2. The fourth-order valence-corrected chi connectivity index (χ4v) is 3.37. The van der Waals surface area contributed by atoms with Crippen molar-refractivity contribution in [2.24, 2.45) is 0 Å². The van der Waals surface area contributed by atoms with Gasteiger partial charge in [0.2, 0.25) is 5.91 Å². The van der Waals surface area contributed by atoms with Crippen molar-refractivity contribution in [2.45, 2.75) is 25.1 Å². The number of benzene rings is 1. The van der Waals surface area contributed by atoms with Crippen LogP contribution in [-0.2, 0) is 23.7 Å². The van der Waals surface area contributed by atoms with Gasteiger partial charge in [0.1, 0.15) is 11.6 Å². The van der Waals surface area contributed by atoms with Crippen LogP contribution in [-0.4, -0.2) is 28.0 Å². The largest absolute Gasteiger partial charge is 0.458 e. The van der Waals surface area contributed by atoms with E-state index in [9.17, 15) is 31.5 Å². The van der Waals surface area contributed by atoms with Gasteiger partial charge in [0.15, 0.2) is 0 Å². The first kappa shape index (κ1) is 23.1. The number of carbonyl (C=O) groups excluding carboxylic acids is 2. The molecule has 0 unspecified atom stereocenters. The number of alkyl halides is 5. The Morgan fingerprint density at radius 2 is 1.74 bits per heavy atom. The molecule has 0 radical (unpaired) electrons. The minimum atomic E-state index is -5.73. The molecule has 1 aliphatic heterocycles. The van der Waals surface area contributed by atoms with Crippen LogP contribution in [0.5, 0.6) is 0 Å². The highest BCUT2D eigenvalue weighted by Gasteiger charge is 2.58. The lowest BCUT2D eigenvalue weighted by atomic mass is 10.1. The number of anilines is 3. The molecule has 2 amide bonds. The van der Waals surface area contributed by atoms with Gasteiger partial charge in [0.05, 0.1) is 12.0 Å². The topological polar surface area (TPSA) is 96.0 Å². The van der Waals surface area contributed by atoms with Crippen LogP contribution in [0.2, 0.25) is 0 Å². The Morgan fingerprint density at radius 1 is 1.00 bits per heavy atom. The first-order valence-electron chi connectivity index (χ1n) is 9.88. The normalized spacial score (nSPS) is 13.3. The molecule has 34 heavy (non-hydrogen) atoms. The Kier molecular flexibility index (Phi) is 5.90. The minimum absolute atomic E-state index is 0.0260. The van der Waals surface area contributed by atoms with Gasteiger partial charge in [-0.05, 0) is 35.9 Å². The van der Waals surface area contributed by atoms with E-state index in [1.54, 1.807) is 12.3 Å². The van der Waals surface area contributed by atoms with Crippen molar-refractivity contribution in [3.63, 3.8) is 0 Å². The van der Waals surface area contributed by atoms with Gasteiger partial charge in [-0.25, -0.2) is 9.97 Å². The maximum Gasteiger partial charge on any atom is 0.458 e. The van der Waals surface area contributed by atoms with E-state index in [2.05, 4.69) is 25.9 Å². The Bertz CT molecular complexity index is 1250. The van der Waals surface area contributed by atoms with Crippen LogP contribution in [0.25, 0.3) is 0 Å². The zero-order valence-electron chi connectivity index (χ0n) is 17.2. The fourth-order valence-electron chi connectivity index (χ4n) is 3.37. The Morgan fingerprint density at radius 3 is 2.44 bits per heavy atom. The average Bonchev–Trinajstić information content (AvgIpc) is 3.18. The van der Waals surface area contributed by atoms with E-state index in [1.807, 2.05) is 0 Å². The number of pyridine rings is 2. The highest BCUT2D eigenvalue weighted by molar-refractivity contribution is 6.07. The second-order valence-electron chi connectivity index (χ2n) is 7.38. The van der Waals surface area contributed by atoms with Crippen LogP contribution in [0.1, 0.15) is 27.0 Å². The molecule has 12 heteroatoms. The van der Waals surface area contributed by atoms with Crippen LogP contribution in [0, 0.1) is 0 Å². The van der Waals surface area contributed by atoms with Gasteiger partial charge >= 0.3 is 12.1 Å². The van der Waals surface area contributed by atoms with E-state index in [0.29, 0.717) is 18.0 Å². The van der Waals surface area contributed by atoms with E-state index in [4.69, 9.17) is 0 Å². The third-order valence-electron chi connectivity index (χ3n) is 5.11. The monoisotopic (exact) mass is 477 g/mol. The summed E-state index contributed by atoms with van der Waals surface area (Å²) < 4.78 is 64.5. The number of rotatable bonds is 6. The van der Waals surface area contributed by atoms with Gasteiger partial charge in [0.25, 0.3) is 5.91 Å². The lowest BCUT2D eigenvalue weighted by Gasteiger charge is -2.20. The van der Waals surface area contributed by atoms with Crippen LogP contribution in [0.3, 0.4) is 0 Å². The molecular weight excluding hydrogens is 461 g/mol. The van der Waals surface area contributed by atoms with E-state index in [1.165, 1.54) is 18.3 Å². The lowest BCUT2D eigenvalue weighted by molar-refractivity contribution is -0.289. The summed E-state index contributed by atoms with van der Waals surface area (Å²) in [5, 5.41) is 8.12. The first-order chi connectivity index (χ1) is 16.1. The smallest absolute Gasteiger partial charge is 0.365 e. The highest BCUT2D eigenvalue weighted by atomic mass is 19.4. The zero-order valence-corrected chi connectivity index (χ0v) is 17.2. The summed E-state index contributed by atoms with van der Waals surface area (Å²) in [6.45, 7) is 0.234. The Balaban J connectivity index is 1.48. The van der Waals surface area contributed by atoms with Crippen LogP contribution in [0.4, 0.5) is 39.3 Å². The summed E-state index contributed by atoms with van der Waals surface area (Å²) in [6.07, 6.45) is -2.56. The molecule has 0 fully saturated rings. The second-order valence-corrected chi connectivity index (χ2v) is 7.38. The molecule has 0 aliphatic carbocycles. The van der Waals surface area contributed by atoms with Gasteiger partial charge in [0, 0.05) is 35.8 Å². The molecule has 2 aromatic heterocycles.